The number of aliphatic hydroxyl groups excluding tert-OH is 1. The number of primary amides is 1. The van der Waals surface area contributed by atoms with Crippen molar-refractivity contribution in [1.29, 1.82) is 0 Å². The van der Waals surface area contributed by atoms with Gasteiger partial charge in [-0.3, -0.25) is 4.57 Å². The summed E-state index contributed by atoms with van der Waals surface area (Å²) in [6.07, 6.45) is -3.07. The van der Waals surface area contributed by atoms with Gasteiger partial charge >= 0.3 is 12.4 Å². The second kappa shape index (κ2) is 5.45. The van der Waals surface area contributed by atoms with E-state index in [1.54, 1.807) is 0 Å². The zero-order valence-electron chi connectivity index (χ0n) is 12.1. The number of ether oxygens (including phenoxy) is 1. The number of rotatable bonds is 2. The van der Waals surface area contributed by atoms with Crippen LogP contribution < -0.4 is 10.5 Å². The molecular weight excluding hydrogens is 313 g/mol. The van der Waals surface area contributed by atoms with Crippen molar-refractivity contribution in [3.8, 4) is 5.75 Å². The highest BCUT2D eigenvalue weighted by Crippen LogP contribution is 2.36. The molecule has 0 aliphatic heterocycles. The normalized spacial score (nSPS) is 18.0. The number of hydrogen-bond acceptors (Lipinski definition) is 3. The molecule has 124 valence electrons. The van der Waals surface area contributed by atoms with Crippen LogP contribution in [0.4, 0.5) is 18.0 Å². The fourth-order valence-corrected chi connectivity index (χ4v) is 3.21. The number of nitrogens with zero attached hydrogens (tertiary/aromatic N) is 1. The van der Waals surface area contributed by atoms with E-state index in [-0.39, 0.29) is 18.3 Å². The molecule has 1 atom stereocenters. The minimum Gasteiger partial charge on any atom is -0.406 e. The zero-order valence-corrected chi connectivity index (χ0v) is 12.1. The first-order valence-electron chi connectivity index (χ1n) is 7.12. The maximum atomic E-state index is 12.4. The smallest absolute Gasteiger partial charge is 0.406 e. The third-order valence-electron chi connectivity index (χ3n) is 4.15. The van der Waals surface area contributed by atoms with E-state index in [2.05, 4.69) is 4.74 Å². The van der Waals surface area contributed by atoms with Crippen molar-refractivity contribution < 1.29 is 27.8 Å². The minimum absolute atomic E-state index is 0.0125. The Labute approximate surface area is 129 Å². The lowest BCUT2D eigenvalue weighted by Crippen LogP contribution is -2.25. The summed E-state index contributed by atoms with van der Waals surface area (Å²) >= 11 is 0. The molecule has 1 aromatic heterocycles. The summed E-state index contributed by atoms with van der Waals surface area (Å²) in [5, 5.41) is 9.84. The third-order valence-corrected chi connectivity index (χ3v) is 4.15. The minimum atomic E-state index is -4.78. The number of nitrogens with two attached hydrogens (primary N) is 1. The van der Waals surface area contributed by atoms with Crippen LogP contribution in [0.3, 0.4) is 0 Å². The Bertz CT molecular complexity index is 767. The molecule has 2 aromatic rings. The van der Waals surface area contributed by atoms with E-state index in [4.69, 9.17) is 5.73 Å². The first-order valence-corrected chi connectivity index (χ1v) is 7.12. The lowest BCUT2D eigenvalue weighted by Gasteiger charge is -2.21. The second-order valence-corrected chi connectivity index (χ2v) is 5.62. The monoisotopic (exact) mass is 328 g/mol. The molecule has 1 heterocycles. The molecule has 0 fully saturated rings. The van der Waals surface area contributed by atoms with Gasteiger partial charge in [0, 0.05) is 17.7 Å². The summed E-state index contributed by atoms with van der Waals surface area (Å²) in [7, 11) is 0. The summed E-state index contributed by atoms with van der Waals surface area (Å²) in [6, 6.07) is 3.14. The van der Waals surface area contributed by atoms with Crippen LogP contribution in [-0.4, -0.2) is 28.7 Å². The maximum Gasteiger partial charge on any atom is 0.573 e. The fourth-order valence-electron chi connectivity index (χ4n) is 3.21. The van der Waals surface area contributed by atoms with E-state index in [0.29, 0.717) is 35.9 Å². The van der Waals surface area contributed by atoms with Gasteiger partial charge in [-0.05, 0) is 48.9 Å². The van der Waals surface area contributed by atoms with Crippen LogP contribution in [0.5, 0.6) is 5.75 Å². The van der Waals surface area contributed by atoms with Gasteiger partial charge in [-0.2, -0.15) is 0 Å². The van der Waals surface area contributed by atoms with Crippen LogP contribution in [-0.2, 0) is 12.8 Å². The molecule has 0 saturated heterocycles. The van der Waals surface area contributed by atoms with E-state index in [9.17, 15) is 23.1 Å². The summed E-state index contributed by atoms with van der Waals surface area (Å²) < 4.78 is 42.5. The first kappa shape index (κ1) is 15.7. The largest absolute Gasteiger partial charge is 0.573 e. The van der Waals surface area contributed by atoms with Gasteiger partial charge in [0.2, 0.25) is 0 Å². The number of halogens is 3. The number of aromatic nitrogens is 1. The molecule has 5 nitrogen and oxygen atoms in total. The molecular formula is C15H15F3N2O3. The molecule has 1 unspecified atom stereocenters. The lowest BCUT2D eigenvalue weighted by molar-refractivity contribution is -0.274. The second-order valence-electron chi connectivity index (χ2n) is 5.62. The van der Waals surface area contributed by atoms with Gasteiger partial charge in [0.15, 0.2) is 0 Å². The van der Waals surface area contributed by atoms with E-state index in [1.165, 1.54) is 16.7 Å². The average Bonchev–Trinajstić information content (AvgIpc) is 2.78. The van der Waals surface area contributed by atoms with Crippen LogP contribution in [0.25, 0.3) is 10.9 Å². The summed E-state index contributed by atoms with van der Waals surface area (Å²) in [6.45, 7) is -0.0125. The van der Waals surface area contributed by atoms with Gasteiger partial charge < -0.3 is 15.6 Å². The highest BCUT2D eigenvalue weighted by Gasteiger charge is 2.32. The lowest BCUT2D eigenvalue weighted by atomic mass is 9.87. The Morgan fingerprint density at radius 3 is 2.78 bits per heavy atom. The van der Waals surface area contributed by atoms with Gasteiger partial charge in [0.25, 0.3) is 0 Å². The first-order chi connectivity index (χ1) is 10.8. The molecule has 1 aliphatic rings. The topological polar surface area (TPSA) is 77.5 Å². The number of benzene rings is 1. The van der Waals surface area contributed by atoms with Crippen molar-refractivity contribution in [3.63, 3.8) is 0 Å². The maximum absolute atomic E-state index is 12.4. The number of aliphatic hydroxyl groups is 1. The van der Waals surface area contributed by atoms with Gasteiger partial charge in [0.05, 0.1) is 5.52 Å². The molecule has 0 bridgehead atoms. The van der Waals surface area contributed by atoms with Gasteiger partial charge in [-0.1, -0.05) is 0 Å². The molecule has 23 heavy (non-hydrogen) atoms. The quantitative estimate of drug-likeness (QED) is 0.889. The van der Waals surface area contributed by atoms with Crippen molar-refractivity contribution in [2.45, 2.75) is 25.6 Å². The molecule has 1 aliphatic carbocycles. The van der Waals surface area contributed by atoms with Gasteiger partial charge in [-0.25, -0.2) is 4.79 Å². The number of fused-ring (bicyclic) bond motifs is 3. The molecule has 3 N–H and O–H groups in total. The van der Waals surface area contributed by atoms with Crippen molar-refractivity contribution >= 4 is 16.9 Å². The number of hydrogen-bond donors (Lipinski definition) is 2. The number of carbonyl (C=O) groups excluding carboxylic acids is 1. The summed E-state index contributed by atoms with van der Waals surface area (Å²) in [4.78, 5) is 11.7. The molecule has 1 amide bonds. The van der Waals surface area contributed by atoms with Crippen molar-refractivity contribution in [2.24, 2.45) is 11.7 Å². The Hall–Kier alpha value is -2.22. The summed E-state index contributed by atoms with van der Waals surface area (Å²) in [5.41, 5.74) is 7.32. The predicted molar refractivity (Wildman–Crippen MR) is 76.2 cm³/mol. The van der Waals surface area contributed by atoms with Crippen molar-refractivity contribution in [3.05, 3.63) is 29.5 Å². The van der Waals surface area contributed by atoms with E-state index in [0.717, 1.165) is 11.6 Å². The Balaban J connectivity index is 2.16. The zero-order chi connectivity index (χ0) is 16.8. The number of amides is 1. The van der Waals surface area contributed by atoms with Gasteiger partial charge in [0.1, 0.15) is 5.75 Å². The van der Waals surface area contributed by atoms with Crippen LogP contribution in [0.2, 0.25) is 0 Å². The molecule has 0 radical (unpaired) electrons. The van der Waals surface area contributed by atoms with Crippen molar-refractivity contribution in [2.75, 3.05) is 6.61 Å². The molecule has 8 heteroatoms. The number of alkyl halides is 3. The van der Waals surface area contributed by atoms with E-state index >= 15 is 0 Å². The molecule has 0 saturated carbocycles. The molecule has 0 spiro atoms. The average molecular weight is 328 g/mol. The van der Waals surface area contributed by atoms with Crippen LogP contribution >= 0.6 is 0 Å². The van der Waals surface area contributed by atoms with E-state index in [1.807, 2.05) is 0 Å². The van der Waals surface area contributed by atoms with Crippen LogP contribution in [0, 0.1) is 5.92 Å². The Kier molecular flexibility index (Phi) is 3.71. The standard InChI is InChI=1S/C15H15F3N2O3/c16-15(17,18)23-9-2-4-13-11(6-9)10-5-8(7-21)1-3-12(10)20(13)14(19)22/h2,4,6,8,21H,1,3,5,7H2,(H2,19,22). The molecule has 3 rings (SSSR count). The third kappa shape index (κ3) is 2.86. The van der Waals surface area contributed by atoms with Crippen molar-refractivity contribution in [1.82, 2.24) is 4.57 Å². The highest BCUT2D eigenvalue weighted by atomic mass is 19.4. The Morgan fingerprint density at radius 1 is 1.43 bits per heavy atom. The van der Waals surface area contributed by atoms with Crippen LogP contribution in [0.15, 0.2) is 18.2 Å². The fraction of sp³-hybridized carbons (Fsp3) is 0.400. The SMILES string of the molecule is NC(=O)n1c2c(c3cc(OC(F)(F)F)ccc31)CC(CO)CC2. The highest BCUT2D eigenvalue weighted by molar-refractivity contribution is 5.95. The molecule has 1 aromatic carbocycles. The van der Waals surface area contributed by atoms with Crippen LogP contribution in [0.1, 0.15) is 17.7 Å². The van der Waals surface area contributed by atoms with Gasteiger partial charge in [-0.15, -0.1) is 13.2 Å². The predicted octanol–water partition coefficient (Wildman–Crippen LogP) is 2.56. The van der Waals surface area contributed by atoms with E-state index < -0.39 is 12.4 Å². The number of carbonyl (C=O) groups is 1. The summed E-state index contributed by atoms with van der Waals surface area (Å²) in [5.74, 6) is -0.331. The Morgan fingerprint density at radius 2 is 2.17 bits per heavy atom.